The molecular formula is C16H21N3OS. The minimum absolute atomic E-state index is 0.216. The summed E-state index contributed by atoms with van der Waals surface area (Å²) in [6, 6.07) is 8.01. The van der Waals surface area contributed by atoms with Crippen LogP contribution in [-0.2, 0) is 5.60 Å². The zero-order valence-electron chi connectivity index (χ0n) is 12.6. The number of hydrogen-bond donors (Lipinski definition) is 3. The van der Waals surface area contributed by atoms with Gasteiger partial charge in [0.25, 0.3) is 0 Å². The Morgan fingerprint density at radius 1 is 1.33 bits per heavy atom. The van der Waals surface area contributed by atoms with E-state index in [2.05, 4.69) is 16.4 Å². The highest BCUT2D eigenvalue weighted by atomic mass is 32.1. The van der Waals surface area contributed by atoms with Gasteiger partial charge in [-0.15, -0.1) is 0 Å². The van der Waals surface area contributed by atoms with Gasteiger partial charge in [0.05, 0.1) is 6.54 Å². The van der Waals surface area contributed by atoms with Crippen molar-refractivity contribution in [1.82, 2.24) is 0 Å². The van der Waals surface area contributed by atoms with Gasteiger partial charge >= 0.3 is 0 Å². The monoisotopic (exact) mass is 303 g/mol. The lowest BCUT2D eigenvalue weighted by molar-refractivity contribution is 0.0678. The first-order chi connectivity index (χ1) is 9.87. The Kier molecular flexibility index (Phi) is 4.65. The average molecular weight is 303 g/mol. The average Bonchev–Trinajstić information content (AvgIpc) is 2.89. The van der Waals surface area contributed by atoms with Gasteiger partial charge in [0.15, 0.2) is 5.96 Å². The number of nitrogens with two attached hydrogens (primary N) is 1. The molecule has 112 valence electrons. The highest BCUT2D eigenvalue weighted by Gasteiger charge is 2.23. The molecule has 0 bridgehead atoms. The highest BCUT2D eigenvalue weighted by Crippen LogP contribution is 2.23. The minimum Gasteiger partial charge on any atom is -0.383 e. The van der Waals surface area contributed by atoms with E-state index in [0.29, 0.717) is 5.96 Å². The van der Waals surface area contributed by atoms with Crippen LogP contribution in [0.1, 0.15) is 23.6 Å². The van der Waals surface area contributed by atoms with Crippen LogP contribution >= 0.6 is 11.3 Å². The van der Waals surface area contributed by atoms with Gasteiger partial charge in [-0.25, -0.2) is 4.99 Å². The third-order valence-corrected chi connectivity index (χ3v) is 3.88. The molecule has 2 aromatic rings. The maximum atomic E-state index is 10.4. The van der Waals surface area contributed by atoms with Gasteiger partial charge in [0, 0.05) is 5.69 Å². The van der Waals surface area contributed by atoms with Crippen LogP contribution in [0, 0.1) is 13.8 Å². The van der Waals surface area contributed by atoms with Crippen molar-refractivity contribution in [2.45, 2.75) is 26.4 Å². The Hall–Kier alpha value is -1.85. The number of thiophene rings is 1. The lowest BCUT2D eigenvalue weighted by Gasteiger charge is -2.20. The molecular weight excluding hydrogens is 282 g/mol. The van der Waals surface area contributed by atoms with E-state index in [1.807, 2.05) is 42.8 Å². The number of aliphatic hydroxyl groups is 1. The van der Waals surface area contributed by atoms with Gasteiger partial charge in [0.1, 0.15) is 5.60 Å². The predicted molar refractivity (Wildman–Crippen MR) is 89.9 cm³/mol. The molecule has 2 rings (SSSR count). The number of nitrogens with zero attached hydrogens (tertiary/aromatic N) is 1. The third-order valence-electron chi connectivity index (χ3n) is 3.19. The molecule has 4 N–H and O–H groups in total. The Morgan fingerprint density at radius 3 is 2.57 bits per heavy atom. The van der Waals surface area contributed by atoms with Crippen molar-refractivity contribution in [3.8, 4) is 0 Å². The van der Waals surface area contributed by atoms with Crippen molar-refractivity contribution in [2.75, 3.05) is 11.9 Å². The number of guanidine groups is 1. The van der Waals surface area contributed by atoms with Crippen molar-refractivity contribution < 1.29 is 5.11 Å². The summed E-state index contributed by atoms with van der Waals surface area (Å²) >= 11 is 1.55. The molecule has 0 aliphatic heterocycles. The molecule has 0 aliphatic rings. The van der Waals surface area contributed by atoms with Crippen LogP contribution in [0.3, 0.4) is 0 Å². The number of aliphatic imine (C=N–C) groups is 1. The third kappa shape index (κ3) is 4.31. The van der Waals surface area contributed by atoms with E-state index in [1.165, 1.54) is 0 Å². The Labute approximate surface area is 129 Å². The first-order valence-electron chi connectivity index (χ1n) is 6.77. The van der Waals surface area contributed by atoms with Gasteiger partial charge in [-0.3, -0.25) is 0 Å². The molecule has 0 saturated carbocycles. The fourth-order valence-corrected chi connectivity index (χ4v) is 2.92. The van der Waals surface area contributed by atoms with Gasteiger partial charge < -0.3 is 16.2 Å². The smallest absolute Gasteiger partial charge is 0.193 e. The number of rotatable bonds is 4. The molecule has 1 aromatic carbocycles. The maximum absolute atomic E-state index is 10.4. The fourth-order valence-electron chi connectivity index (χ4n) is 2.14. The summed E-state index contributed by atoms with van der Waals surface area (Å²) in [5, 5.41) is 17.3. The molecule has 0 radical (unpaired) electrons. The maximum Gasteiger partial charge on any atom is 0.193 e. The van der Waals surface area contributed by atoms with E-state index >= 15 is 0 Å². The van der Waals surface area contributed by atoms with Gasteiger partial charge in [-0.1, -0.05) is 6.07 Å². The number of benzene rings is 1. The Bertz CT molecular complexity index is 613. The van der Waals surface area contributed by atoms with Crippen LogP contribution in [0.15, 0.2) is 40.0 Å². The van der Waals surface area contributed by atoms with E-state index in [9.17, 15) is 5.11 Å². The zero-order chi connectivity index (χ0) is 15.5. The van der Waals surface area contributed by atoms with E-state index < -0.39 is 5.60 Å². The van der Waals surface area contributed by atoms with Gasteiger partial charge in [-0.05, 0) is 66.4 Å². The second kappa shape index (κ2) is 6.28. The van der Waals surface area contributed by atoms with Crippen molar-refractivity contribution in [3.05, 3.63) is 51.7 Å². The molecule has 0 aliphatic carbocycles. The minimum atomic E-state index is -1.01. The lowest BCUT2D eigenvalue weighted by Crippen LogP contribution is -2.29. The first-order valence-corrected chi connectivity index (χ1v) is 7.71. The Morgan fingerprint density at radius 2 is 2.00 bits per heavy atom. The summed E-state index contributed by atoms with van der Waals surface area (Å²) in [6.45, 7) is 6.02. The quantitative estimate of drug-likeness (QED) is 0.600. The van der Waals surface area contributed by atoms with Crippen LogP contribution in [0.4, 0.5) is 5.69 Å². The summed E-state index contributed by atoms with van der Waals surface area (Å²) in [4.78, 5) is 4.24. The molecule has 21 heavy (non-hydrogen) atoms. The molecule has 1 unspecified atom stereocenters. The summed E-state index contributed by atoms with van der Waals surface area (Å²) in [6.07, 6.45) is 0. The molecule has 0 fully saturated rings. The summed E-state index contributed by atoms with van der Waals surface area (Å²) in [7, 11) is 0. The number of hydrogen-bond acceptors (Lipinski definition) is 3. The summed E-state index contributed by atoms with van der Waals surface area (Å²) in [5.74, 6) is 0.301. The summed E-state index contributed by atoms with van der Waals surface area (Å²) < 4.78 is 0. The molecule has 1 atom stereocenters. The number of nitrogens with one attached hydrogen (secondary N) is 1. The normalized spacial score (nSPS) is 14.8. The number of aryl methyl sites for hydroxylation is 2. The van der Waals surface area contributed by atoms with E-state index in [1.54, 1.807) is 18.3 Å². The molecule has 0 saturated heterocycles. The van der Waals surface area contributed by atoms with E-state index in [4.69, 9.17) is 5.73 Å². The lowest BCUT2D eigenvalue weighted by atomic mass is 10.00. The molecule has 4 nitrogen and oxygen atoms in total. The molecule has 1 heterocycles. The van der Waals surface area contributed by atoms with Crippen molar-refractivity contribution in [3.63, 3.8) is 0 Å². The molecule has 0 spiro atoms. The molecule has 0 amide bonds. The van der Waals surface area contributed by atoms with Crippen LogP contribution in [-0.4, -0.2) is 17.6 Å². The van der Waals surface area contributed by atoms with E-state index in [-0.39, 0.29) is 6.54 Å². The zero-order valence-corrected chi connectivity index (χ0v) is 13.4. The highest BCUT2D eigenvalue weighted by molar-refractivity contribution is 7.08. The van der Waals surface area contributed by atoms with Crippen LogP contribution < -0.4 is 11.1 Å². The van der Waals surface area contributed by atoms with E-state index in [0.717, 1.165) is 22.4 Å². The van der Waals surface area contributed by atoms with Gasteiger partial charge in [0.2, 0.25) is 0 Å². The largest absolute Gasteiger partial charge is 0.383 e. The van der Waals surface area contributed by atoms with Crippen LogP contribution in [0.5, 0.6) is 0 Å². The molecule has 5 heteroatoms. The fraction of sp³-hybridized carbons (Fsp3) is 0.312. The van der Waals surface area contributed by atoms with Crippen LogP contribution in [0.25, 0.3) is 0 Å². The van der Waals surface area contributed by atoms with Crippen molar-refractivity contribution in [2.24, 2.45) is 10.7 Å². The second-order valence-corrected chi connectivity index (χ2v) is 6.27. The summed E-state index contributed by atoms with van der Waals surface area (Å²) in [5.41, 5.74) is 8.98. The second-order valence-electron chi connectivity index (χ2n) is 5.49. The van der Waals surface area contributed by atoms with Gasteiger partial charge in [-0.2, -0.15) is 11.3 Å². The first kappa shape index (κ1) is 15.5. The van der Waals surface area contributed by atoms with Crippen LogP contribution in [0.2, 0.25) is 0 Å². The topological polar surface area (TPSA) is 70.6 Å². The SMILES string of the molecule is Cc1cc(C)cc(NC(N)=NCC(C)(O)c2ccsc2)c1. The standard InChI is InChI=1S/C16H21N3OS/c1-11-6-12(2)8-14(7-11)19-15(17)18-10-16(3,20)13-4-5-21-9-13/h4-9,20H,10H2,1-3H3,(H3,17,18,19). The Balaban J connectivity index is 2.04. The van der Waals surface area contributed by atoms with Crippen molar-refractivity contribution >= 4 is 23.0 Å². The number of anilines is 1. The van der Waals surface area contributed by atoms with Crippen molar-refractivity contribution in [1.29, 1.82) is 0 Å². The predicted octanol–water partition coefficient (Wildman–Crippen LogP) is 3.00. The molecule has 1 aromatic heterocycles.